The summed E-state index contributed by atoms with van der Waals surface area (Å²) in [6, 6.07) is 2.35. The second kappa shape index (κ2) is 6.30. The van der Waals surface area contributed by atoms with Crippen LogP contribution in [0, 0.1) is 29.1 Å². The van der Waals surface area contributed by atoms with E-state index in [1.165, 1.54) is 25.7 Å². The van der Waals surface area contributed by atoms with Crippen LogP contribution in [0.1, 0.15) is 46.5 Å². The highest BCUT2D eigenvalue weighted by Crippen LogP contribution is 2.49. The Kier molecular flexibility index (Phi) is 4.69. The first kappa shape index (κ1) is 14.9. The molecule has 2 fully saturated rings. The largest absolute Gasteiger partial charge is 0.387 e. The highest BCUT2D eigenvalue weighted by molar-refractivity contribution is 5.97. The SMILES string of the molecule is CC(C)NC(=O)/C(C#N)=C\NC(C)C1CC2CCC1C2. The fourth-order valence-electron chi connectivity index (χ4n) is 3.73. The van der Waals surface area contributed by atoms with Crippen LogP contribution in [-0.4, -0.2) is 18.0 Å². The van der Waals surface area contributed by atoms with Crippen molar-refractivity contribution in [3.05, 3.63) is 11.8 Å². The summed E-state index contributed by atoms with van der Waals surface area (Å²) in [6.07, 6.45) is 7.01. The molecule has 2 N–H and O–H groups in total. The van der Waals surface area contributed by atoms with E-state index in [1.54, 1.807) is 6.20 Å². The lowest BCUT2D eigenvalue weighted by Gasteiger charge is -2.28. The maximum atomic E-state index is 11.8. The molecule has 110 valence electrons. The van der Waals surface area contributed by atoms with Crippen LogP contribution in [0.4, 0.5) is 0 Å². The molecule has 4 unspecified atom stereocenters. The van der Waals surface area contributed by atoms with Gasteiger partial charge >= 0.3 is 0 Å². The zero-order chi connectivity index (χ0) is 14.7. The number of nitriles is 1. The van der Waals surface area contributed by atoms with Gasteiger partial charge in [0, 0.05) is 18.3 Å². The summed E-state index contributed by atoms with van der Waals surface area (Å²) >= 11 is 0. The van der Waals surface area contributed by atoms with Crippen molar-refractivity contribution in [3.63, 3.8) is 0 Å². The predicted molar refractivity (Wildman–Crippen MR) is 78.5 cm³/mol. The fraction of sp³-hybridized carbons (Fsp3) is 0.750. The Morgan fingerprint density at radius 2 is 2.05 bits per heavy atom. The highest BCUT2D eigenvalue weighted by atomic mass is 16.1. The van der Waals surface area contributed by atoms with Crippen molar-refractivity contribution in [3.8, 4) is 6.07 Å². The molecule has 0 aromatic heterocycles. The lowest BCUT2D eigenvalue weighted by molar-refractivity contribution is -0.117. The minimum atomic E-state index is -0.296. The number of fused-ring (bicyclic) bond motifs is 2. The van der Waals surface area contributed by atoms with Crippen LogP contribution in [0.2, 0.25) is 0 Å². The maximum Gasteiger partial charge on any atom is 0.263 e. The van der Waals surface area contributed by atoms with E-state index in [0.29, 0.717) is 12.0 Å². The van der Waals surface area contributed by atoms with E-state index in [4.69, 9.17) is 5.26 Å². The van der Waals surface area contributed by atoms with Crippen LogP contribution < -0.4 is 10.6 Å². The summed E-state index contributed by atoms with van der Waals surface area (Å²) < 4.78 is 0. The summed E-state index contributed by atoms with van der Waals surface area (Å²) in [4.78, 5) is 11.8. The van der Waals surface area contributed by atoms with E-state index in [1.807, 2.05) is 19.9 Å². The van der Waals surface area contributed by atoms with Gasteiger partial charge in [-0.3, -0.25) is 4.79 Å². The first-order valence-corrected chi connectivity index (χ1v) is 7.68. The number of hydrogen-bond donors (Lipinski definition) is 2. The van der Waals surface area contributed by atoms with Crippen molar-refractivity contribution in [2.75, 3.05) is 0 Å². The molecule has 4 nitrogen and oxygen atoms in total. The van der Waals surface area contributed by atoms with E-state index in [9.17, 15) is 4.79 Å². The third kappa shape index (κ3) is 3.33. The zero-order valence-electron chi connectivity index (χ0n) is 12.6. The van der Waals surface area contributed by atoms with Gasteiger partial charge < -0.3 is 10.6 Å². The summed E-state index contributed by atoms with van der Waals surface area (Å²) in [5, 5.41) is 15.1. The summed E-state index contributed by atoms with van der Waals surface area (Å²) in [5.74, 6) is 2.15. The molecule has 0 aromatic carbocycles. The Bertz CT molecular complexity index is 435. The van der Waals surface area contributed by atoms with Gasteiger partial charge in [-0.1, -0.05) is 6.42 Å². The molecule has 0 spiro atoms. The summed E-state index contributed by atoms with van der Waals surface area (Å²) in [5.41, 5.74) is 0.161. The molecule has 0 aromatic rings. The third-order valence-electron chi connectivity index (χ3n) is 4.71. The van der Waals surface area contributed by atoms with Gasteiger partial charge in [0.1, 0.15) is 11.6 Å². The summed E-state index contributed by atoms with van der Waals surface area (Å²) in [6.45, 7) is 5.94. The molecule has 0 heterocycles. The van der Waals surface area contributed by atoms with Crippen LogP contribution in [0.15, 0.2) is 11.8 Å². The Morgan fingerprint density at radius 1 is 1.30 bits per heavy atom. The molecule has 20 heavy (non-hydrogen) atoms. The van der Waals surface area contributed by atoms with Gasteiger partial charge in [0.05, 0.1) is 0 Å². The number of amides is 1. The zero-order valence-corrected chi connectivity index (χ0v) is 12.6. The lowest BCUT2D eigenvalue weighted by atomic mass is 9.84. The van der Waals surface area contributed by atoms with Crippen molar-refractivity contribution < 1.29 is 4.79 Å². The third-order valence-corrected chi connectivity index (χ3v) is 4.71. The molecular formula is C16H25N3O. The quantitative estimate of drug-likeness (QED) is 0.598. The lowest BCUT2D eigenvalue weighted by Crippen LogP contribution is -2.35. The van der Waals surface area contributed by atoms with Crippen molar-refractivity contribution >= 4 is 5.91 Å². The molecule has 0 saturated heterocycles. The molecule has 2 bridgehead atoms. The predicted octanol–water partition coefficient (Wildman–Crippen LogP) is 2.33. The molecule has 4 atom stereocenters. The number of nitrogens with zero attached hydrogens (tertiary/aromatic N) is 1. The number of carbonyl (C=O) groups excluding carboxylic acids is 1. The van der Waals surface area contributed by atoms with E-state index in [-0.39, 0.29) is 17.5 Å². The Morgan fingerprint density at radius 3 is 2.55 bits per heavy atom. The van der Waals surface area contributed by atoms with Gasteiger partial charge in [-0.25, -0.2) is 0 Å². The van der Waals surface area contributed by atoms with Crippen LogP contribution in [0.5, 0.6) is 0 Å². The minimum Gasteiger partial charge on any atom is -0.387 e. The van der Waals surface area contributed by atoms with Crippen molar-refractivity contribution in [1.82, 2.24) is 10.6 Å². The number of hydrogen-bond acceptors (Lipinski definition) is 3. The average molecular weight is 275 g/mol. The van der Waals surface area contributed by atoms with Crippen molar-refractivity contribution in [1.29, 1.82) is 5.26 Å². The van der Waals surface area contributed by atoms with Crippen LogP contribution in [-0.2, 0) is 4.79 Å². The molecule has 2 aliphatic carbocycles. The van der Waals surface area contributed by atoms with Gasteiger partial charge in [0.15, 0.2) is 0 Å². The fourth-order valence-corrected chi connectivity index (χ4v) is 3.73. The van der Waals surface area contributed by atoms with Gasteiger partial charge in [0.25, 0.3) is 5.91 Å². The molecule has 0 radical (unpaired) electrons. The van der Waals surface area contributed by atoms with E-state index in [0.717, 1.165) is 11.8 Å². The first-order chi connectivity index (χ1) is 9.51. The number of nitrogens with one attached hydrogen (secondary N) is 2. The van der Waals surface area contributed by atoms with Crippen LogP contribution in [0.25, 0.3) is 0 Å². The minimum absolute atomic E-state index is 0.0437. The highest BCUT2D eigenvalue weighted by Gasteiger charge is 2.41. The summed E-state index contributed by atoms with van der Waals surface area (Å²) in [7, 11) is 0. The van der Waals surface area contributed by atoms with Crippen molar-refractivity contribution in [2.24, 2.45) is 17.8 Å². The van der Waals surface area contributed by atoms with E-state index in [2.05, 4.69) is 17.6 Å². The molecule has 0 aliphatic heterocycles. The van der Waals surface area contributed by atoms with E-state index >= 15 is 0 Å². The molecule has 2 aliphatic rings. The number of rotatable bonds is 5. The van der Waals surface area contributed by atoms with Gasteiger partial charge in [-0.2, -0.15) is 5.26 Å². The molecule has 4 heteroatoms. The molecule has 2 saturated carbocycles. The van der Waals surface area contributed by atoms with Gasteiger partial charge in [0.2, 0.25) is 0 Å². The topological polar surface area (TPSA) is 64.9 Å². The molecule has 2 rings (SSSR count). The van der Waals surface area contributed by atoms with E-state index < -0.39 is 0 Å². The Balaban J connectivity index is 1.90. The smallest absolute Gasteiger partial charge is 0.263 e. The van der Waals surface area contributed by atoms with Crippen LogP contribution >= 0.6 is 0 Å². The van der Waals surface area contributed by atoms with Crippen molar-refractivity contribution in [2.45, 2.75) is 58.5 Å². The second-order valence-corrected chi connectivity index (χ2v) is 6.59. The second-order valence-electron chi connectivity index (χ2n) is 6.59. The first-order valence-electron chi connectivity index (χ1n) is 7.68. The Hall–Kier alpha value is -1.50. The van der Waals surface area contributed by atoms with Crippen LogP contribution in [0.3, 0.4) is 0 Å². The molecular weight excluding hydrogens is 250 g/mol. The standard InChI is InChI=1S/C16H25N3O/c1-10(2)19-16(20)14(8-17)9-18-11(3)15-7-12-4-5-13(15)6-12/h9-13,15,18H,4-7H2,1-3H3,(H,19,20)/b14-9-. The number of carbonyl (C=O) groups is 1. The average Bonchev–Trinajstić information content (AvgIpc) is 3.00. The Labute approximate surface area is 121 Å². The molecule has 1 amide bonds. The monoisotopic (exact) mass is 275 g/mol. The van der Waals surface area contributed by atoms with Gasteiger partial charge in [-0.05, 0) is 57.8 Å². The maximum absolute atomic E-state index is 11.8. The van der Waals surface area contributed by atoms with Gasteiger partial charge in [-0.15, -0.1) is 0 Å². The normalized spacial score (nSPS) is 30.1.